The second kappa shape index (κ2) is 5.90. The first-order valence-corrected chi connectivity index (χ1v) is 4.60. The molecule has 1 aromatic heterocycles. The van der Waals surface area contributed by atoms with E-state index >= 15 is 0 Å². The molecule has 0 saturated carbocycles. The average Bonchev–Trinajstić information content (AvgIpc) is 2.17. The van der Waals surface area contributed by atoms with Crippen LogP contribution in [-0.2, 0) is 0 Å². The number of thioether (sulfide) groups is 1. The molecule has 1 heterocycles. The van der Waals surface area contributed by atoms with Gasteiger partial charge in [0.1, 0.15) is 0 Å². The molecule has 0 aromatic carbocycles. The van der Waals surface area contributed by atoms with E-state index in [1.165, 1.54) is 11.8 Å². The first-order chi connectivity index (χ1) is 5.77. The summed E-state index contributed by atoms with van der Waals surface area (Å²) in [5.41, 5.74) is 5.16. The molecule has 0 radical (unpaired) electrons. The topological polar surface area (TPSA) is 68.9 Å². The second-order valence-electron chi connectivity index (χ2n) is 2.05. The maximum Gasteiger partial charge on any atom is 0.213 e. The van der Waals surface area contributed by atoms with Crippen molar-refractivity contribution in [2.45, 2.75) is 5.03 Å². The molecular formula is C7H10ClN3OS. The fraction of sp³-hybridized carbons (Fsp3) is 0.286. The molecule has 6 heteroatoms. The minimum absolute atomic E-state index is 0. The summed E-state index contributed by atoms with van der Waals surface area (Å²) >= 11 is 1.47. The van der Waals surface area contributed by atoms with E-state index < -0.39 is 0 Å². The van der Waals surface area contributed by atoms with Crippen molar-refractivity contribution in [3.8, 4) is 0 Å². The number of carbonyl (C=O) groups excluding carboxylic acids is 1. The zero-order valence-corrected chi connectivity index (χ0v) is 8.69. The Bertz CT molecular complexity index is 295. The lowest BCUT2D eigenvalue weighted by molar-refractivity contribution is 0.0991. The Kier molecular flexibility index (Phi) is 5.61. The molecule has 4 nitrogen and oxygen atoms in total. The van der Waals surface area contributed by atoms with E-state index in [4.69, 9.17) is 5.73 Å². The Balaban J connectivity index is 0.00000144. The molecule has 13 heavy (non-hydrogen) atoms. The number of hydrogen-bond acceptors (Lipinski definition) is 5. The molecule has 1 rings (SSSR count). The third-order valence-electron chi connectivity index (χ3n) is 1.27. The van der Waals surface area contributed by atoms with Gasteiger partial charge in [-0.1, -0.05) is 0 Å². The van der Waals surface area contributed by atoms with Gasteiger partial charge in [-0.15, -0.1) is 24.2 Å². The number of aromatic nitrogens is 2. The number of rotatable bonds is 3. The van der Waals surface area contributed by atoms with Gasteiger partial charge in [0, 0.05) is 6.20 Å². The molecule has 0 aliphatic carbocycles. The Morgan fingerprint density at radius 2 is 2.38 bits per heavy atom. The summed E-state index contributed by atoms with van der Waals surface area (Å²) in [5.74, 6) is -0.0322. The third kappa shape index (κ3) is 3.30. The summed E-state index contributed by atoms with van der Waals surface area (Å²) in [6.45, 7) is -0.0438. The van der Waals surface area contributed by atoms with E-state index in [0.717, 1.165) is 5.03 Å². The van der Waals surface area contributed by atoms with E-state index in [2.05, 4.69) is 9.97 Å². The van der Waals surface area contributed by atoms with Gasteiger partial charge in [0.05, 0.1) is 11.6 Å². The fourth-order valence-corrected chi connectivity index (χ4v) is 1.06. The summed E-state index contributed by atoms with van der Waals surface area (Å²) < 4.78 is 0. The molecule has 0 aliphatic heterocycles. The van der Waals surface area contributed by atoms with Crippen molar-refractivity contribution in [1.29, 1.82) is 0 Å². The van der Waals surface area contributed by atoms with Crippen LogP contribution in [-0.4, -0.2) is 28.6 Å². The summed E-state index contributed by atoms with van der Waals surface area (Å²) in [7, 11) is 0. The number of Topliss-reactive ketones (excluding diaryl/α,β-unsaturated/α-hetero) is 1. The van der Waals surface area contributed by atoms with Crippen LogP contribution in [0.5, 0.6) is 0 Å². The lowest BCUT2D eigenvalue weighted by Crippen LogP contribution is -2.16. The van der Waals surface area contributed by atoms with Crippen LogP contribution in [0.15, 0.2) is 17.3 Å². The highest BCUT2D eigenvalue weighted by Crippen LogP contribution is 2.09. The van der Waals surface area contributed by atoms with E-state index in [9.17, 15) is 4.79 Å². The molecule has 0 amide bonds. The van der Waals surface area contributed by atoms with Crippen molar-refractivity contribution < 1.29 is 4.79 Å². The molecule has 0 saturated heterocycles. The van der Waals surface area contributed by atoms with Crippen molar-refractivity contribution in [1.82, 2.24) is 9.97 Å². The van der Waals surface area contributed by atoms with Crippen molar-refractivity contribution >= 4 is 30.0 Å². The van der Waals surface area contributed by atoms with Gasteiger partial charge in [-0.05, 0) is 12.3 Å². The number of hydrogen-bond donors (Lipinski definition) is 1. The first-order valence-electron chi connectivity index (χ1n) is 3.38. The third-order valence-corrected chi connectivity index (χ3v) is 1.92. The molecule has 72 valence electrons. The van der Waals surface area contributed by atoms with E-state index in [0.29, 0.717) is 0 Å². The molecule has 1 aromatic rings. The Morgan fingerprint density at radius 3 is 2.92 bits per heavy atom. The maximum atomic E-state index is 11.0. The van der Waals surface area contributed by atoms with Crippen LogP contribution in [0, 0.1) is 0 Å². The van der Waals surface area contributed by atoms with Gasteiger partial charge in [0.15, 0.2) is 5.82 Å². The Hall–Kier alpha value is -0.650. The number of nitrogens with two attached hydrogens (primary N) is 1. The van der Waals surface area contributed by atoms with Crippen LogP contribution in [0.25, 0.3) is 0 Å². The predicted octanol–water partition coefficient (Wildman–Crippen LogP) is 0.762. The van der Waals surface area contributed by atoms with Gasteiger partial charge in [0.2, 0.25) is 5.78 Å². The van der Waals surface area contributed by atoms with Crippen molar-refractivity contribution in [2.24, 2.45) is 5.73 Å². The van der Waals surface area contributed by atoms with Gasteiger partial charge in [0.25, 0.3) is 0 Å². The highest BCUT2D eigenvalue weighted by Gasteiger charge is 2.06. The number of ketones is 1. The summed E-state index contributed by atoms with van der Waals surface area (Å²) in [4.78, 5) is 18.8. The molecule has 2 N–H and O–H groups in total. The van der Waals surface area contributed by atoms with Gasteiger partial charge in [-0.25, -0.2) is 9.97 Å². The highest BCUT2D eigenvalue weighted by molar-refractivity contribution is 7.98. The summed E-state index contributed by atoms with van der Waals surface area (Å²) in [6.07, 6.45) is 3.45. The standard InChI is InChI=1S/C7H9N3OS.ClH/c1-12-6-2-3-9-7(10-6)5(11)4-8;/h2-3H,4,8H2,1H3;1H. The molecule has 0 aliphatic rings. The van der Waals surface area contributed by atoms with E-state index in [1.807, 2.05) is 6.26 Å². The molecule has 0 atom stereocenters. The Labute approximate surface area is 86.7 Å². The van der Waals surface area contributed by atoms with Crippen LogP contribution in [0.4, 0.5) is 0 Å². The van der Waals surface area contributed by atoms with Crippen LogP contribution in [0.3, 0.4) is 0 Å². The minimum Gasteiger partial charge on any atom is -0.324 e. The lowest BCUT2D eigenvalue weighted by Gasteiger charge is -1.97. The monoisotopic (exact) mass is 219 g/mol. The maximum absolute atomic E-state index is 11.0. The number of carbonyl (C=O) groups is 1. The molecular weight excluding hydrogens is 210 g/mol. The average molecular weight is 220 g/mol. The smallest absolute Gasteiger partial charge is 0.213 e. The van der Waals surface area contributed by atoms with Gasteiger partial charge >= 0.3 is 0 Å². The lowest BCUT2D eigenvalue weighted by atomic mass is 10.4. The van der Waals surface area contributed by atoms with Crippen molar-refractivity contribution in [3.05, 3.63) is 18.1 Å². The fourth-order valence-electron chi connectivity index (χ4n) is 0.681. The zero-order valence-electron chi connectivity index (χ0n) is 7.06. The highest BCUT2D eigenvalue weighted by atomic mass is 35.5. The number of halogens is 1. The molecule has 0 fully saturated rings. The van der Waals surface area contributed by atoms with Crippen LogP contribution in [0.2, 0.25) is 0 Å². The largest absolute Gasteiger partial charge is 0.324 e. The summed E-state index contributed by atoms with van der Waals surface area (Å²) in [5, 5.41) is 0.779. The van der Waals surface area contributed by atoms with E-state index in [-0.39, 0.29) is 30.6 Å². The van der Waals surface area contributed by atoms with Crippen LogP contribution < -0.4 is 5.73 Å². The SMILES string of the molecule is CSc1ccnc(C(=O)CN)n1.Cl. The van der Waals surface area contributed by atoms with Crippen molar-refractivity contribution in [3.63, 3.8) is 0 Å². The van der Waals surface area contributed by atoms with Gasteiger partial charge in [-0.2, -0.15) is 0 Å². The molecule has 0 unspecified atom stereocenters. The Morgan fingerprint density at radius 1 is 1.69 bits per heavy atom. The minimum atomic E-state index is -0.231. The van der Waals surface area contributed by atoms with E-state index in [1.54, 1.807) is 12.3 Å². The predicted molar refractivity (Wildman–Crippen MR) is 54.4 cm³/mol. The van der Waals surface area contributed by atoms with Crippen molar-refractivity contribution in [2.75, 3.05) is 12.8 Å². The molecule has 0 bridgehead atoms. The van der Waals surface area contributed by atoms with Crippen LogP contribution in [0.1, 0.15) is 10.6 Å². The quantitative estimate of drug-likeness (QED) is 0.462. The normalized spacial score (nSPS) is 9.08. The second-order valence-corrected chi connectivity index (χ2v) is 2.88. The molecule has 0 spiro atoms. The summed E-state index contributed by atoms with van der Waals surface area (Å²) in [6, 6.07) is 1.75. The van der Waals surface area contributed by atoms with Crippen LogP contribution >= 0.6 is 24.2 Å². The first kappa shape index (κ1) is 12.3. The number of nitrogens with zero attached hydrogens (tertiary/aromatic N) is 2. The zero-order chi connectivity index (χ0) is 8.97. The van der Waals surface area contributed by atoms with Gasteiger partial charge in [-0.3, -0.25) is 4.79 Å². The van der Waals surface area contributed by atoms with Gasteiger partial charge < -0.3 is 5.73 Å².